The van der Waals surface area contributed by atoms with E-state index in [0.29, 0.717) is 18.9 Å². The summed E-state index contributed by atoms with van der Waals surface area (Å²) in [5.74, 6) is -0.186. The zero-order valence-corrected chi connectivity index (χ0v) is 31.5. The second-order valence-electron chi connectivity index (χ2n) is 7.32. The van der Waals surface area contributed by atoms with Gasteiger partial charge in [-0.2, -0.15) is 0 Å². The normalized spacial score (nSPS) is 13.1. The van der Waals surface area contributed by atoms with E-state index in [1.807, 2.05) is 6.92 Å². The first-order valence-corrected chi connectivity index (χ1v) is 30.4. The summed E-state index contributed by atoms with van der Waals surface area (Å²) >= 11 is 11.6. The molecule has 4 N–H and O–H groups in total. The van der Waals surface area contributed by atoms with Crippen molar-refractivity contribution in [1.82, 2.24) is 19.9 Å². The second kappa shape index (κ2) is 24.4. The number of nitrogens with zero attached hydrogens (tertiary/aromatic N) is 2. The van der Waals surface area contributed by atoms with Crippen LogP contribution < -0.4 is 0 Å². The standard InChI is InChI=1S/C10H14N2O2.C8H10N2O2.C2H6O.CH4.I2.3HI.V.2H2/c1-2-14-10(13)5-7-3-8-9(4-7)12-6-11-8;11-8(12)3-5-1-6-7(2-5)10-4-9-6;1-2-3;;1-2;;;;;;/h6-7H,2-5H2,1H3,(H,11,12);4-5H,1-3H2,(H,9,10)(H,11,12);3H,2H2,1H3;1H4;;3*1H;;2*1H/q;;;;;;;;+3;;/p-3. The summed E-state index contributed by atoms with van der Waals surface area (Å²) in [6.45, 7) is 4.23. The number of aliphatic hydroxyl groups excluding tert-OH is 1. The maximum atomic E-state index is 11.2. The maximum absolute atomic E-state index is 11.2. The van der Waals surface area contributed by atoms with Crippen LogP contribution in [-0.2, 0) is 44.9 Å². The number of H-pyrrole nitrogens is 2. The summed E-state index contributed by atoms with van der Waals surface area (Å²) in [5, 5.41) is 16.1. The van der Waals surface area contributed by atoms with Crippen LogP contribution in [0.25, 0.3) is 0 Å². The van der Waals surface area contributed by atoms with Crippen LogP contribution in [0.1, 0.15) is 59.7 Å². The third-order valence-electron chi connectivity index (χ3n) is 4.79. The molecule has 2 aliphatic rings. The number of fused-ring (bicyclic) bond motifs is 2. The summed E-state index contributed by atoms with van der Waals surface area (Å²) in [7, 11) is 0. The number of esters is 1. The van der Waals surface area contributed by atoms with Crippen LogP contribution in [0.2, 0.25) is 0 Å². The van der Waals surface area contributed by atoms with Gasteiger partial charge in [-0.1, -0.05) is 7.43 Å². The van der Waals surface area contributed by atoms with Crippen LogP contribution in [0.15, 0.2) is 12.7 Å². The van der Waals surface area contributed by atoms with E-state index in [1.54, 1.807) is 19.6 Å². The number of carboxylic acid groups (broad SMARTS) is 1. The molecule has 0 saturated heterocycles. The first kappa shape index (κ1) is 39.7. The monoisotopic (exact) mass is 1110 g/mol. The first-order chi connectivity index (χ1) is 16.7. The molecule has 0 radical (unpaired) electrons. The molecule has 0 bridgehead atoms. The number of hydrogen-bond donors (Lipinski definition) is 4. The van der Waals surface area contributed by atoms with Crippen molar-refractivity contribution in [1.29, 1.82) is 0 Å². The van der Waals surface area contributed by atoms with Gasteiger partial charge in [0.05, 0.1) is 30.6 Å². The molecule has 0 amide bonds. The first-order valence-electron chi connectivity index (χ1n) is 10.6. The number of carbonyl (C=O) groups excluding carboxylic acids is 1. The summed E-state index contributed by atoms with van der Waals surface area (Å²) < 4.78 is 4.91. The molecule has 0 spiro atoms. The van der Waals surface area contributed by atoms with Gasteiger partial charge in [0.2, 0.25) is 0 Å². The van der Waals surface area contributed by atoms with E-state index in [9.17, 15) is 9.59 Å². The third kappa shape index (κ3) is 18.0. The molecule has 212 valence electrons. The molecule has 2 aromatic heterocycles. The average molecular weight is 1110 g/mol. The molecule has 0 saturated carbocycles. The molecule has 15 heteroatoms. The number of carboxylic acids is 1. The van der Waals surface area contributed by atoms with Gasteiger partial charge in [0.1, 0.15) is 0 Å². The number of aliphatic carboxylic acids is 1. The molecule has 2 aromatic rings. The van der Waals surface area contributed by atoms with E-state index < -0.39 is 5.97 Å². The van der Waals surface area contributed by atoms with Crippen LogP contribution in [0.3, 0.4) is 0 Å². The number of aromatic amines is 2. The topological polar surface area (TPSA) is 141 Å². The summed E-state index contributed by atoms with van der Waals surface area (Å²) in [4.78, 5) is 35.7. The van der Waals surface area contributed by atoms with Crippen molar-refractivity contribution < 1.29 is 32.3 Å². The van der Waals surface area contributed by atoms with E-state index >= 15 is 0 Å². The Hall–Kier alpha value is 1.55. The number of imidazole rings is 2. The minimum atomic E-state index is -0.717. The van der Waals surface area contributed by atoms with Gasteiger partial charge >= 0.3 is 76.8 Å². The summed E-state index contributed by atoms with van der Waals surface area (Å²) in [6.07, 6.45) is 7.62. The Kier molecular flexibility index (Phi) is 26.9. The zero-order valence-electron chi connectivity index (χ0n) is 19.3. The van der Waals surface area contributed by atoms with Gasteiger partial charge < -0.3 is 24.9 Å². The molecule has 2 unspecified atom stereocenters. The molecule has 2 heterocycles. The van der Waals surface area contributed by atoms with Crippen LogP contribution in [0, 0.1) is 11.8 Å². The number of nitrogens with one attached hydrogen (secondary N) is 2. The number of ether oxygens (including phenoxy) is 1. The molecule has 4 rings (SSSR count). The molecule has 36 heavy (non-hydrogen) atoms. The van der Waals surface area contributed by atoms with Crippen molar-refractivity contribution in [2.45, 2.75) is 59.8 Å². The molecular weight excluding hydrogens is 1070 g/mol. The Balaban J connectivity index is -0.000000221. The van der Waals surface area contributed by atoms with Crippen LogP contribution >= 0.6 is 97.2 Å². The molecule has 0 fully saturated rings. The molecule has 0 aliphatic heterocycles. The molecule has 9 nitrogen and oxygen atoms in total. The van der Waals surface area contributed by atoms with Crippen molar-refractivity contribution >= 4 is 109 Å². The number of halogens is 5. The van der Waals surface area contributed by atoms with Crippen LogP contribution in [-0.4, -0.2) is 55.3 Å². The van der Waals surface area contributed by atoms with Gasteiger partial charge in [-0.15, -0.1) is 0 Å². The number of hydrogen-bond acceptors (Lipinski definition) is 6. The fourth-order valence-electron chi connectivity index (χ4n) is 3.66. The predicted molar refractivity (Wildman–Crippen MR) is 186 cm³/mol. The second-order valence-corrected chi connectivity index (χ2v) is 42.7. The van der Waals surface area contributed by atoms with Crippen LogP contribution in [0.5, 0.6) is 0 Å². The fraction of sp³-hybridized carbons (Fsp3) is 0.619. The quantitative estimate of drug-likeness (QED) is 0.183. The van der Waals surface area contributed by atoms with Gasteiger partial charge in [0.25, 0.3) is 0 Å². The summed E-state index contributed by atoms with van der Waals surface area (Å²) in [6, 6.07) is 0. The van der Waals surface area contributed by atoms with Gasteiger partial charge in [0, 0.05) is 70.9 Å². The van der Waals surface area contributed by atoms with E-state index in [2.05, 4.69) is 117 Å². The number of carbonyl (C=O) groups is 2. The Morgan fingerprint density at radius 3 is 1.72 bits per heavy atom. The Morgan fingerprint density at radius 1 is 1.00 bits per heavy atom. The fourth-order valence-corrected chi connectivity index (χ4v) is 3.66. The zero-order chi connectivity index (χ0) is 26.8. The van der Waals surface area contributed by atoms with Gasteiger partial charge in [-0.05, 0) is 51.4 Å². The molecule has 2 aliphatic carbocycles. The molecular formula is C21H38I5N4O5V. The average Bonchev–Trinajstić information content (AvgIpc) is 3.51. The van der Waals surface area contributed by atoms with Gasteiger partial charge in [0.15, 0.2) is 0 Å². The van der Waals surface area contributed by atoms with Gasteiger partial charge in [-0.25, -0.2) is 9.97 Å². The van der Waals surface area contributed by atoms with Crippen molar-refractivity contribution in [3.8, 4) is 0 Å². The van der Waals surface area contributed by atoms with Crippen LogP contribution in [0.4, 0.5) is 0 Å². The number of rotatable bonds is 5. The van der Waals surface area contributed by atoms with E-state index in [0.717, 1.165) is 42.8 Å². The number of aromatic nitrogens is 4. The predicted octanol–water partition coefficient (Wildman–Crippen LogP) is 7.23. The van der Waals surface area contributed by atoms with Crippen molar-refractivity contribution in [2.24, 2.45) is 11.8 Å². The summed E-state index contributed by atoms with van der Waals surface area (Å²) in [5.41, 5.74) is 4.45. The minimum absolute atomic E-state index is 0. The van der Waals surface area contributed by atoms with Gasteiger partial charge in [-0.3, -0.25) is 9.59 Å². The van der Waals surface area contributed by atoms with Crippen molar-refractivity contribution in [2.75, 3.05) is 13.2 Å². The Bertz CT molecular complexity index is 824. The van der Waals surface area contributed by atoms with E-state index in [1.165, 1.54) is 5.69 Å². The van der Waals surface area contributed by atoms with E-state index in [4.69, 9.17) is 14.9 Å². The third-order valence-corrected chi connectivity index (χ3v) is 4.79. The molecule has 2 atom stereocenters. The SMILES string of the molecule is C.CCO.CCOC(=O)CC1Cc2nc[nH]c2C1.II.O=C(O)CC1Cc2nc[nH]c2C1.[HH].[HH].[I][V]([I])[I]. The molecule has 0 aromatic carbocycles. The van der Waals surface area contributed by atoms with Crippen molar-refractivity contribution in [3.63, 3.8) is 0 Å². The van der Waals surface area contributed by atoms with E-state index in [-0.39, 0.29) is 40.1 Å². The van der Waals surface area contributed by atoms with Crippen molar-refractivity contribution in [3.05, 3.63) is 35.4 Å². The Morgan fingerprint density at radius 2 is 1.39 bits per heavy atom. The Labute approximate surface area is 277 Å². The number of aliphatic hydroxyl groups is 1.